The predicted octanol–water partition coefficient (Wildman–Crippen LogP) is 2.02. The zero-order chi connectivity index (χ0) is 9.98. The van der Waals surface area contributed by atoms with Gasteiger partial charge in [0.25, 0.3) is 0 Å². The molecule has 0 fully saturated rings. The Morgan fingerprint density at radius 1 is 1.25 bits per heavy atom. The van der Waals surface area contributed by atoms with Gasteiger partial charge in [-0.15, -0.1) is 0 Å². The van der Waals surface area contributed by atoms with E-state index in [4.69, 9.17) is 5.11 Å². The molecule has 0 aromatic carbocycles. The maximum atomic E-state index is 10.2. The fraction of sp³-hybridized carbons (Fsp3) is 0.556. The van der Waals surface area contributed by atoms with Gasteiger partial charge in [0, 0.05) is 18.9 Å². The van der Waals surface area contributed by atoms with Crippen molar-refractivity contribution in [1.29, 1.82) is 0 Å². The molecule has 3 heteroatoms. The van der Waals surface area contributed by atoms with Crippen LogP contribution in [0.25, 0.3) is 0 Å². The van der Waals surface area contributed by atoms with Crippen molar-refractivity contribution in [1.82, 2.24) is 0 Å². The largest absolute Gasteiger partial charge is 0.478 e. The predicted molar refractivity (Wildman–Crippen MR) is 48.0 cm³/mol. The third-order valence-electron chi connectivity index (χ3n) is 1.10. The van der Waals surface area contributed by atoms with Gasteiger partial charge >= 0.3 is 5.97 Å². The molecule has 0 heterocycles. The van der Waals surface area contributed by atoms with Crippen LogP contribution < -0.4 is 0 Å². The van der Waals surface area contributed by atoms with Crippen molar-refractivity contribution >= 4 is 11.8 Å². The van der Waals surface area contributed by atoms with E-state index in [-0.39, 0.29) is 0 Å². The molecule has 0 radical (unpaired) electrons. The number of hydrogen-bond acceptors (Lipinski definition) is 2. The van der Waals surface area contributed by atoms with Crippen molar-refractivity contribution in [3.63, 3.8) is 0 Å². The van der Waals surface area contributed by atoms with Crippen LogP contribution >= 0.6 is 0 Å². The van der Waals surface area contributed by atoms with E-state index >= 15 is 0 Å². The highest BCUT2D eigenvalue weighted by molar-refractivity contribution is 5.79. The van der Waals surface area contributed by atoms with E-state index in [0.717, 1.165) is 6.08 Å². The van der Waals surface area contributed by atoms with E-state index < -0.39 is 5.97 Å². The summed E-state index contributed by atoms with van der Waals surface area (Å²) in [4.78, 5) is 19.7. The highest BCUT2D eigenvalue weighted by Crippen LogP contribution is 1.83. The van der Waals surface area contributed by atoms with Gasteiger partial charge in [-0.1, -0.05) is 19.9 Å². The Morgan fingerprint density at radius 3 is 1.67 bits per heavy atom. The summed E-state index contributed by atoms with van der Waals surface area (Å²) in [5.41, 5.74) is 0. The Morgan fingerprint density at radius 2 is 1.67 bits per heavy atom. The van der Waals surface area contributed by atoms with Crippen LogP contribution in [0.1, 0.15) is 33.6 Å². The maximum Gasteiger partial charge on any atom is 0.327 e. The van der Waals surface area contributed by atoms with Crippen LogP contribution in [0, 0.1) is 0 Å². The highest BCUT2D eigenvalue weighted by atomic mass is 16.4. The minimum atomic E-state index is -0.891. The zero-order valence-electron chi connectivity index (χ0n) is 7.83. The molecule has 0 amide bonds. The summed E-state index contributed by atoms with van der Waals surface area (Å²) >= 11 is 0. The molecule has 0 aromatic heterocycles. The highest BCUT2D eigenvalue weighted by Gasteiger charge is 1.86. The number of Topliss-reactive ketones (excluding diaryl/α,β-unsaturated/α-hetero) is 1. The number of carboxylic acids is 1. The van der Waals surface area contributed by atoms with Crippen molar-refractivity contribution in [3.8, 4) is 0 Å². The zero-order valence-corrected chi connectivity index (χ0v) is 7.83. The van der Waals surface area contributed by atoms with Crippen molar-refractivity contribution in [3.05, 3.63) is 12.2 Å². The molecule has 0 aromatic rings. The van der Waals surface area contributed by atoms with Gasteiger partial charge in [0.05, 0.1) is 0 Å². The molecule has 0 saturated heterocycles. The Labute approximate surface area is 73.1 Å². The molecule has 0 spiro atoms. The first kappa shape index (κ1) is 13.5. The number of carbonyl (C=O) groups is 2. The average molecular weight is 172 g/mol. The summed E-state index contributed by atoms with van der Waals surface area (Å²) in [6, 6.07) is 0. The number of aliphatic carboxylic acids is 1. The van der Waals surface area contributed by atoms with E-state index in [0.29, 0.717) is 18.6 Å². The normalized spacial score (nSPS) is 8.92. The van der Waals surface area contributed by atoms with Gasteiger partial charge < -0.3 is 5.11 Å². The van der Waals surface area contributed by atoms with Crippen LogP contribution in [0.4, 0.5) is 0 Å². The monoisotopic (exact) mass is 172 g/mol. The van der Waals surface area contributed by atoms with Crippen LogP contribution in [0.5, 0.6) is 0 Å². The molecule has 0 aliphatic heterocycles. The van der Waals surface area contributed by atoms with Crippen LogP contribution in [0.15, 0.2) is 12.2 Å². The molecular formula is C9H16O3. The lowest BCUT2D eigenvalue weighted by atomic mass is 10.3. The smallest absolute Gasteiger partial charge is 0.327 e. The molecule has 0 atom stereocenters. The van der Waals surface area contributed by atoms with Crippen molar-refractivity contribution in [2.24, 2.45) is 0 Å². The lowest BCUT2D eigenvalue weighted by Gasteiger charge is -1.81. The molecule has 0 rings (SSSR count). The van der Waals surface area contributed by atoms with E-state index in [9.17, 15) is 9.59 Å². The second-order valence-corrected chi connectivity index (χ2v) is 2.08. The number of rotatable bonds is 3. The Bertz CT molecular complexity index is 153. The number of ketones is 1. The lowest BCUT2D eigenvalue weighted by molar-refractivity contribution is -0.131. The molecule has 0 bridgehead atoms. The molecule has 3 nitrogen and oxygen atoms in total. The summed E-state index contributed by atoms with van der Waals surface area (Å²) in [6.45, 7) is 5.42. The summed E-state index contributed by atoms with van der Waals surface area (Å²) in [6.07, 6.45) is 3.94. The third-order valence-corrected chi connectivity index (χ3v) is 1.10. The maximum absolute atomic E-state index is 10.2. The first-order valence-corrected chi connectivity index (χ1v) is 3.95. The molecule has 0 unspecified atom stereocenters. The fourth-order valence-electron chi connectivity index (χ4n) is 0.393. The van der Waals surface area contributed by atoms with Gasteiger partial charge in [-0.3, -0.25) is 4.79 Å². The summed E-state index contributed by atoms with van der Waals surface area (Å²) in [7, 11) is 0. The van der Waals surface area contributed by atoms with Crippen molar-refractivity contribution in [2.75, 3.05) is 0 Å². The number of hydrogen-bond donors (Lipinski definition) is 1. The first-order chi connectivity index (χ1) is 5.58. The van der Waals surface area contributed by atoms with E-state index in [1.54, 1.807) is 6.92 Å². The minimum Gasteiger partial charge on any atom is -0.478 e. The number of allylic oxidation sites excluding steroid dienone is 1. The van der Waals surface area contributed by atoms with Gasteiger partial charge in [0.15, 0.2) is 0 Å². The van der Waals surface area contributed by atoms with E-state index in [1.165, 1.54) is 6.08 Å². The molecule has 12 heavy (non-hydrogen) atoms. The Balaban J connectivity index is 0. The van der Waals surface area contributed by atoms with Gasteiger partial charge in [0.1, 0.15) is 5.78 Å². The molecule has 70 valence electrons. The molecule has 1 N–H and O–H groups in total. The Kier molecular flexibility index (Phi) is 11.1. The first-order valence-electron chi connectivity index (χ1n) is 3.95. The van der Waals surface area contributed by atoms with Crippen LogP contribution in [-0.2, 0) is 9.59 Å². The number of carboxylic acid groups (broad SMARTS) is 1. The molecular weight excluding hydrogens is 156 g/mol. The third kappa shape index (κ3) is 15.9. The van der Waals surface area contributed by atoms with Crippen molar-refractivity contribution in [2.45, 2.75) is 33.6 Å². The van der Waals surface area contributed by atoms with Crippen LogP contribution in [0.2, 0.25) is 0 Å². The second-order valence-electron chi connectivity index (χ2n) is 2.08. The summed E-state index contributed by atoms with van der Waals surface area (Å²) < 4.78 is 0. The topological polar surface area (TPSA) is 54.4 Å². The number of carbonyl (C=O) groups excluding carboxylic acids is 1. The Hall–Kier alpha value is -1.12. The van der Waals surface area contributed by atoms with E-state index in [1.807, 2.05) is 13.8 Å². The minimum absolute atomic E-state index is 0.343. The summed E-state index contributed by atoms with van der Waals surface area (Å²) in [5.74, 6) is -0.549. The fourth-order valence-corrected chi connectivity index (χ4v) is 0.393. The van der Waals surface area contributed by atoms with Gasteiger partial charge in [-0.25, -0.2) is 4.79 Å². The second kappa shape index (κ2) is 9.88. The molecule has 0 saturated carbocycles. The van der Waals surface area contributed by atoms with Crippen LogP contribution in [0.3, 0.4) is 0 Å². The molecule has 0 aliphatic carbocycles. The van der Waals surface area contributed by atoms with E-state index in [2.05, 4.69) is 0 Å². The standard InChI is InChI=1S/C5H10O.C4H6O2/c1-3-5(6)4-2;1-2-3-4(5)6/h3-4H2,1-2H3;2-3H,1H3,(H,5,6)/b;3-2+. The lowest BCUT2D eigenvalue weighted by Crippen LogP contribution is -1.88. The van der Waals surface area contributed by atoms with Gasteiger partial charge in [0.2, 0.25) is 0 Å². The quantitative estimate of drug-likeness (QED) is 0.662. The van der Waals surface area contributed by atoms with Crippen LogP contribution in [-0.4, -0.2) is 16.9 Å². The molecule has 0 aliphatic rings. The van der Waals surface area contributed by atoms with Crippen molar-refractivity contribution < 1.29 is 14.7 Å². The van der Waals surface area contributed by atoms with Gasteiger partial charge in [-0.05, 0) is 6.92 Å². The average Bonchev–Trinajstić information content (AvgIpc) is 2.04. The summed E-state index contributed by atoms with van der Waals surface area (Å²) in [5, 5.41) is 7.83. The SMILES string of the molecule is C/C=C/C(=O)O.CCC(=O)CC. The van der Waals surface area contributed by atoms with Gasteiger partial charge in [-0.2, -0.15) is 0 Å².